The van der Waals surface area contributed by atoms with Gasteiger partial charge in [-0.1, -0.05) is 22.9 Å². The fourth-order valence-corrected chi connectivity index (χ4v) is 2.39. The van der Waals surface area contributed by atoms with Gasteiger partial charge >= 0.3 is 0 Å². The van der Waals surface area contributed by atoms with E-state index >= 15 is 0 Å². The van der Waals surface area contributed by atoms with Crippen molar-refractivity contribution in [1.29, 1.82) is 5.26 Å². The molecule has 1 aromatic heterocycles. The Hall–Kier alpha value is -2.10. The number of nitriles is 1. The van der Waals surface area contributed by atoms with Crippen molar-refractivity contribution in [3.8, 4) is 6.07 Å². The van der Waals surface area contributed by atoms with Crippen molar-refractivity contribution >= 4 is 39.7 Å². The maximum absolute atomic E-state index is 12.0. The minimum atomic E-state index is -0.307. The number of aryl methyl sites for hydroxylation is 1. The minimum absolute atomic E-state index is 0.306. The van der Waals surface area contributed by atoms with E-state index in [4.69, 9.17) is 22.6 Å². The molecule has 5 nitrogen and oxygen atoms in total. The molecule has 0 aliphatic carbocycles. The SMILES string of the molecule is Cc1nc(N)sc1C(=O)Nc1ccc(Cl)c(C#N)c1. The van der Waals surface area contributed by atoms with Gasteiger partial charge in [0.1, 0.15) is 10.9 Å². The van der Waals surface area contributed by atoms with Gasteiger partial charge in [0.05, 0.1) is 16.3 Å². The van der Waals surface area contributed by atoms with Gasteiger partial charge in [-0.25, -0.2) is 4.98 Å². The van der Waals surface area contributed by atoms with Gasteiger partial charge in [0.15, 0.2) is 5.13 Å². The van der Waals surface area contributed by atoms with Gasteiger partial charge in [0.25, 0.3) is 5.91 Å². The number of nitrogen functional groups attached to an aromatic ring is 1. The summed E-state index contributed by atoms with van der Waals surface area (Å²) in [6, 6.07) is 6.65. The van der Waals surface area contributed by atoms with Crippen LogP contribution >= 0.6 is 22.9 Å². The third-order valence-corrected chi connectivity index (χ3v) is 3.68. The molecule has 0 aliphatic heterocycles. The quantitative estimate of drug-likeness (QED) is 0.890. The first kappa shape index (κ1) is 13.3. The molecule has 2 rings (SSSR count). The lowest BCUT2D eigenvalue weighted by atomic mass is 10.2. The van der Waals surface area contributed by atoms with Gasteiger partial charge in [-0.05, 0) is 25.1 Å². The maximum atomic E-state index is 12.0. The van der Waals surface area contributed by atoms with E-state index in [1.165, 1.54) is 6.07 Å². The number of nitrogens with one attached hydrogen (secondary N) is 1. The number of rotatable bonds is 2. The van der Waals surface area contributed by atoms with E-state index in [-0.39, 0.29) is 5.91 Å². The molecule has 0 radical (unpaired) electrons. The second-order valence-corrected chi connectivity index (χ2v) is 5.17. The molecular weight excluding hydrogens is 284 g/mol. The van der Waals surface area contributed by atoms with E-state index in [1.54, 1.807) is 19.1 Å². The van der Waals surface area contributed by atoms with E-state index in [1.807, 2.05) is 6.07 Å². The number of nitrogens with two attached hydrogens (primary N) is 1. The second-order valence-electron chi connectivity index (χ2n) is 3.73. The lowest BCUT2D eigenvalue weighted by Crippen LogP contribution is -2.11. The van der Waals surface area contributed by atoms with Crippen LogP contribution in [0, 0.1) is 18.3 Å². The molecule has 7 heteroatoms. The topological polar surface area (TPSA) is 91.8 Å². The molecular formula is C12H9ClN4OS. The number of amides is 1. The van der Waals surface area contributed by atoms with Crippen LogP contribution in [0.25, 0.3) is 0 Å². The molecule has 0 unspecified atom stereocenters. The highest BCUT2D eigenvalue weighted by molar-refractivity contribution is 7.17. The maximum Gasteiger partial charge on any atom is 0.267 e. The highest BCUT2D eigenvalue weighted by Crippen LogP contribution is 2.23. The van der Waals surface area contributed by atoms with E-state index < -0.39 is 0 Å². The van der Waals surface area contributed by atoms with Crippen molar-refractivity contribution in [3.05, 3.63) is 39.4 Å². The molecule has 1 heterocycles. The first-order valence-corrected chi connectivity index (χ1v) is 6.44. The molecule has 0 aliphatic rings. The molecule has 3 N–H and O–H groups in total. The fraction of sp³-hybridized carbons (Fsp3) is 0.0833. The van der Waals surface area contributed by atoms with Gasteiger partial charge in [0, 0.05) is 5.69 Å². The first-order valence-electron chi connectivity index (χ1n) is 5.25. The molecule has 0 fully saturated rings. The minimum Gasteiger partial charge on any atom is -0.375 e. The number of hydrogen-bond acceptors (Lipinski definition) is 5. The number of carbonyl (C=O) groups is 1. The molecule has 96 valence electrons. The van der Waals surface area contributed by atoms with E-state index in [9.17, 15) is 4.79 Å². The van der Waals surface area contributed by atoms with Crippen LogP contribution in [0.3, 0.4) is 0 Å². The number of hydrogen-bond donors (Lipinski definition) is 2. The molecule has 0 saturated carbocycles. The molecule has 0 spiro atoms. The predicted octanol–water partition coefficient (Wildman–Crippen LogP) is 2.81. The zero-order valence-electron chi connectivity index (χ0n) is 9.90. The number of halogens is 1. The van der Waals surface area contributed by atoms with Crippen LogP contribution in [0.5, 0.6) is 0 Å². The van der Waals surface area contributed by atoms with Crippen molar-refractivity contribution in [1.82, 2.24) is 4.98 Å². The van der Waals surface area contributed by atoms with E-state index in [0.29, 0.717) is 32.0 Å². The summed E-state index contributed by atoms with van der Waals surface area (Å²) >= 11 is 6.94. The van der Waals surface area contributed by atoms with E-state index in [0.717, 1.165) is 11.3 Å². The van der Waals surface area contributed by atoms with Crippen LogP contribution in [0.1, 0.15) is 20.9 Å². The third kappa shape index (κ3) is 2.84. The summed E-state index contributed by atoms with van der Waals surface area (Å²) in [6.45, 7) is 1.71. The van der Waals surface area contributed by atoms with Gasteiger partial charge in [-0.15, -0.1) is 0 Å². The standard InChI is InChI=1S/C12H9ClN4OS/c1-6-10(19-12(15)16-6)11(18)17-8-2-3-9(13)7(4-8)5-14/h2-4H,1H3,(H2,15,16)(H,17,18). The van der Waals surface area contributed by atoms with Crippen LogP contribution in [0.15, 0.2) is 18.2 Å². The summed E-state index contributed by atoms with van der Waals surface area (Å²) in [6.07, 6.45) is 0. The Bertz CT molecular complexity index is 690. The van der Waals surface area contributed by atoms with Crippen LogP contribution < -0.4 is 11.1 Å². The number of thiazole rings is 1. The highest BCUT2D eigenvalue weighted by atomic mass is 35.5. The molecule has 2 aromatic rings. The van der Waals surface area contributed by atoms with Crippen LogP contribution in [-0.4, -0.2) is 10.9 Å². The zero-order chi connectivity index (χ0) is 14.0. The molecule has 0 atom stereocenters. The van der Waals surface area contributed by atoms with Crippen molar-refractivity contribution in [2.75, 3.05) is 11.1 Å². The lowest BCUT2D eigenvalue weighted by Gasteiger charge is -2.05. The Morgan fingerprint density at radius 1 is 1.58 bits per heavy atom. The Balaban J connectivity index is 2.25. The van der Waals surface area contributed by atoms with Gasteiger partial charge in [-0.3, -0.25) is 4.79 Å². The average Bonchev–Trinajstić information content (AvgIpc) is 2.71. The fourth-order valence-electron chi connectivity index (χ4n) is 1.50. The Kier molecular flexibility index (Phi) is 3.69. The second kappa shape index (κ2) is 5.26. The number of nitrogens with zero attached hydrogens (tertiary/aromatic N) is 2. The predicted molar refractivity (Wildman–Crippen MR) is 75.4 cm³/mol. The Morgan fingerprint density at radius 3 is 2.89 bits per heavy atom. The number of carbonyl (C=O) groups excluding carboxylic acids is 1. The van der Waals surface area contributed by atoms with Crippen molar-refractivity contribution in [2.24, 2.45) is 0 Å². The highest BCUT2D eigenvalue weighted by Gasteiger charge is 2.14. The molecule has 1 amide bonds. The lowest BCUT2D eigenvalue weighted by molar-refractivity contribution is 0.103. The number of benzene rings is 1. The molecule has 1 aromatic carbocycles. The van der Waals surface area contributed by atoms with Gasteiger partial charge in [-0.2, -0.15) is 5.26 Å². The summed E-state index contributed by atoms with van der Waals surface area (Å²) in [5.41, 5.74) is 6.92. The monoisotopic (exact) mass is 292 g/mol. The van der Waals surface area contributed by atoms with Crippen molar-refractivity contribution < 1.29 is 4.79 Å². The average molecular weight is 293 g/mol. The van der Waals surface area contributed by atoms with Gasteiger partial charge in [0.2, 0.25) is 0 Å². The van der Waals surface area contributed by atoms with E-state index in [2.05, 4.69) is 10.3 Å². The third-order valence-electron chi connectivity index (χ3n) is 2.36. The molecule has 0 saturated heterocycles. The van der Waals surface area contributed by atoms with Crippen LogP contribution in [0.2, 0.25) is 5.02 Å². The largest absolute Gasteiger partial charge is 0.375 e. The number of anilines is 2. The zero-order valence-corrected chi connectivity index (χ0v) is 11.5. The molecule has 19 heavy (non-hydrogen) atoms. The Labute approximate surface area is 118 Å². The summed E-state index contributed by atoms with van der Waals surface area (Å²) in [7, 11) is 0. The normalized spacial score (nSPS) is 9.95. The summed E-state index contributed by atoms with van der Waals surface area (Å²) < 4.78 is 0. The summed E-state index contributed by atoms with van der Waals surface area (Å²) in [5.74, 6) is -0.307. The smallest absolute Gasteiger partial charge is 0.267 e. The summed E-state index contributed by atoms with van der Waals surface area (Å²) in [4.78, 5) is 16.5. The van der Waals surface area contributed by atoms with Crippen LogP contribution in [0.4, 0.5) is 10.8 Å². The van der Waals surface area contributed by atoms with Crippen LogP contribution in [-0.2, 0) is 0 Å². The Morgan fingerprint density at radius 2 is 2.32 bits per heavy atom. The number of aromatic nitrogens is 1. The first-order chi connectivity index (χ1) is 9.01. The van der Waals surface area contributed by atoms with Gasteiger partial charge < -0.3 is 11.1 Å². The molecule has 0 bridgehead atoms. The van der Waals surface area contributed by atoms with Crippen molar-refractivity contribution in [3.63, 3.8) is 0 Å². The van der Waals surface area contributed by atoms with Crippen molar-refractivity contribution in [2.45, 2.75) is 6.92 Å². The summed E-state index contributed by atoms with van der Waals surface area (Å²) in [5, 5.41) is 12.2.